The molecule has 0 saturated heterocycles. The molecule has 0 spiro atoms. The minimum Gasteiger partial charge on any atom is -0.460 e. The van der Waals surface area contributed by atoms with Crippen LogP contribution in [0, 0.1) is 6.92 Å². The van der Waals surface area contributed by atoms with Crippen LogP contribution in [-0.4, -0.2) is 38.9 Å². The van der Waals surface area contributed by atoms with Gasteiger partial charge in [-0.1, -0.05) is 44.9 Å². The van der Waals surface area contributed by atoms with E-state index in [1.54, 1.807) is 0 Å². The number of hydrogen-bond donors (Lipinski definition) is 1. The molecule has 0 radical (unpaired) electrons. The molecule has 2 fully saturated rings. The van der Waals surface area contributed by atoms with Crippen LogP contribution in [0.2, 0.25) is 0 Å². The van der Waals surface area contributed by atoms with Crippen molar-refractivity contribution < 1.29 is 14.0 Å². The molecule has 2 aliphatic carbocycles. The summed E-state index contributed by atoms with van der Waals surface area (Å²) >= 11 is 0. The lowest BCUT2D eigenvalue weighted by atomic mass is 9.90. The molecule has 31 heavy (non-hydrogen) atoms. The maximum absolute atomic E-state index is 13.8. The number of aryl methyl sites for hydroxylation is 1. The number of nitrogens with one attached hydrogen (secondary N) is 1. The van der Waals surface area contributed by atoms with Crippen molar-refractivity contribution in [2.75, 3.05) is 0 Å². The van der Waals surface area contributed by atoms with Gasteiger partial charge in [-0.05, 0) is 39.5 Å². The molecule has 1 aliphatic heterocycles. The van der Waals surface area contributed by atoms with Crippen molar-refractivity contribution in [3.05, 3.63) is 23.6 Å². The molecule has 6 nitrogen and oxygen atoms in total. The van der Waals surface area contributed by atoms with Gasteiger partial charge in [0.1, 0.15) is 17.0 Å². The predicted octanol–water partition coefficient (Wildman–Crippen LogP) is 4.93. The van der Waals surface area contributed by atoms with Crippen LogP contribution in [-0.2, 0) is 11.3 Å². The molecule has 2 aromatic heterocycles. The van der Waals surface area contributed by atoms with Gasteiger partial charge in [-0.15, -0.1) is 0 Å². The lowest BCUT2D eigenvalue weighted by molar-refractivity contribution is -0.135. The van der Waals surface area contributed by atoms with Crippen LogP contribution in [0.5, 0.6) is 0 Å². The van der Waals surface area contributed by atoms with Crippen molar-refractivity contribution in [3.8, 4) is 0 Å². The van der Waals surface area contributed by atoms with E-state index in [0.29, 0.717) is 12.2 Å². The SMILES string of the molecule is Cc1cc2c(cc3n2C[C@@](C)(C(=O)NC2CCCCCCC2)N(C2CCCC2)C3=O)o1. The largest absolute Gasteiger partial charge is 0.460 e. The highest BCUT2D eigenvalue weighted by Crippen LogP contribution is 2.38. The van der Waals surface area contributed by atoms with Crippen molar-refractivity contribution in [2.24, 2.45) is 0 Å². The molecule has 3 aliphatic rings. The van der Waals surface area contributed by atoms with Gasteiger partial charge in [0.25, 0.3) is 5.91 Å². The third-order valence-corrected chi connectivity index (χ3v) is 7.77. The van der Waals surface area contributed by atoms with Crippen LogP contribution in [0.1, 0.15) is 93.8 Å². The van der Waals surface area contributed by atoms with Crippen molar-refractivity contribution >= 4 is 22.9 Å². The van der Waals surface area contributed by atoms with Gasteiger partial charge in [-0.25, -0.2) is 0 Å². The first kappa shape index (κ1) is 20.7. The maximum Gasteiger partial charge on any atom is 0.271 e. The highest BCUT2D eigenvalue weighted by atomic mass is 16.3. The molecule has 0 unspecified atom stereocenters. The topological polar surface area (TPSA) is 67.5 Å². The van der Waals surface area contributed by atoms with Gasteiger partial charge in [0, 0.05) is 24.2 Å². The molecular weight excluding hydrogens is 390 g/mol. The molecule has 2 aromatic rings. The third-order valence-electron chi connectivity index (χ3n) is 7.77. The second-order valence-corrected chi connectivity index (χ2v) is 10.1. The third kappa shape index (κ3) is 3.58. The molecule has 1 N–H and O–H groups in total. The van der Waals surface area contributed by atoms with Gasteiger partial charge in [-0.3, -0.25) is 9.59 Å². The summed E-state index contributed by atoms with van der Waals surface area (Å²) in [5, 5.41) is 3.38. The highest BCUT2D eigenvalue weighted by Gasteiger charge is 2.51. The number of fused-ring (bicyclic) bond motifs is 3. The first-order valence-corrected chi connectivity index (χ1v) is 12.2. The fourth-order valence-electron chi connectivity index (χ4n) is 6.10. The summed E-state index contributed by atoms with van der Waals surface area (Å²) in [4.78, 5) is 29.5. The number of rotatable bonds is 3. The Bertz CT molecular complexity index is 976. The van der Waals surface area contributed by atoms with E-state index in [1.165, 1.54) is 32.1 Å². The van der Waals surface area contributed by atoms with E-state index in [1.807, 2.05) is 35.4 Å². The molecule has 168 valence electrons. The van der Waals surface area contributed by atoms with Gasteiger partial charge in [-0.2, -0.15) is 0 Å². The zero-order valence-electron chi connectivity index (χ0n) is 18.9. The molecule has 0 aromatic carbocycles. The van der Waals surface area contributed by atoms with Crippen LogP contribution in [0.15, 0.2) is 16.5 Å². The summed E-state index contributed by atoms with van der Waals surface area (Å²) < 4.78 is 7.82. The van der Waals surface area contributed by atoms with Gasteiger partial charge in [0.15, 0.2) is 5.58 Å². The van der Waals surface area contributed by atoms with Crippen molar-refractivity contribution in [1.82, 2.24) is 14.8 Å². The lowest BCUT2D eigenvalue weighted by Crippen LogP contribution is -2.67. The Hall–Kier alpha value is -2.24. The second kappa shape index (κ2) is 8.03. The first-order valence-electron chi connectivity index (χ1n) is 12.2. The summed E-state index contributed by atoms with van der Waals surface area (Å²) in [5.74, 6) is 0.801. The Morgan fingerprint density at radius 3 is 2.39 bits per heavy atom. The van der Waals surface area contributed by atoms with Gasteiger partial charge < -0.3 is 19.2 Å². The maximum atomic E-state index is 13.8. The zero-order valence-corrected chi connectivity index (χ0v) is 18.9. The highest BCUT2D eigenvalue weighted by molar-refractivity contribution is 6.03. The zero-order chi connectivity index (χ0) is 21.6. The minimum atomic E-state index is -0.890. The predicted molar refractivity (Wildman–Crippen MR) is 120 cm³/mol. The van der Waals surface area contributed by atoms with E-state index < -0.39 is 5.54 Å². The Morgan fingerprint density at radius 1 is 1.03 bits per heavy atom. The molecule has 0 bridgehead atoms. The molecular formula is C25H35N3O3. The number of carbonyl (C=O) groups is 2. The molecule has 1 atom stereocenters. The fourth-order valence-corrected chi connectivity index (χ4v) is 6.10. The molecule has 2 saturated carbocycles. The number of aromatic nitrogens is 1. The average Bonchev–Trinajstić information content (AvgIpc) is 3.41. The molecule has 5 rings (SSSR count). The van der Waals surface area contributed by atoms with Crippen LogP contribution in [0.4, 0.5) is 0 Å². The molecule has 3 heterocycles. The van der Waals surface area contributed by atoms with Gasteiger partial charge >= 0.3 is 0 Å². The van der Waals surface area contributed by atoms with Crippen LogP contribution >= 0.6 is 0 Å². The quantitative estimate of drug-likeness (QED) is 0.758. The van der Waals surface area contributed by atoms with Crippen LogP contribution < -0.4 is 5.32 Å². The minimum absolute atomic E-state index is 0.00559. The summed E-state index contributed by atoms with van der Waals surface area (Å²) in [5.41, 5.74) is 1.41. The van der Waals surface area contributed by atoms with E-state index >= 15 is 0 Å². The fraction of sp³-hybridized carbons (Fsp3) is 0.680. The van der Waals surface area contributed by atoms with Crippen molar-refractivity contribution in [1.29, 1.82) is 0 Å². The van der Waals surface area contributed by atoms with Gasteiger partial charge in [0.2, 0.25) is 5.91 Å². The van der Waals surface area contributed by atoms with E-state index in [2.05, 4.69) is 5.32 Å². The molecule has 6 heteroatoms. The number of nitrogens with zero attached hydrogens (tertiary/aromatic N) is 2. The standard InChI is InChI=1S/C25H35N3O3/c1-17-14-20-22(31-17)15-21-23(29)28(19-12-8-9-13-19)25(2,16-27(20)21)24(30)26-18-10-6-4-3-5-7-11-18/h14-15,18-19H,3-13,16H2,1-2H3,(H,26,30)/t25-/m0/s1. The van der Waals surface area contributed by atoms with Crippen LogP contribution in [0.3, 0.4) is 0 Å². The van der Waals surface area contributed by atoms with Crippen molar-refractivity contribution in [2.45, 2.75) is 109 Å². The Balaban J connectivity index is 1.50. The number of amides is 2. The Morgan fingerprint density at radius 2 is 1.68 bits per heavy atom. The second-order valence-electron chi connectivity index (χ2n) is 10.1. The summed E-state index contributed by atoms with van der Waals surface area (Å²) in [7, 11) is 0. The summed E-state index contributed by atoms with van der Waals surface area (Å²) in [6, 6.07) is 4.19. The normalized spacial score (nSPS) is 26.1. The number of carbonyl (C=O) groups excluding carboxylic acids is 2. The monoisotopic (exact) mass is 425 g/mol. The molecule has 2 amide bonds. The lowest BCUT2D eigenvalue weighted by Gasteiger charge is -2.47. The van der Waals surface area contributed by atoms with Crippen molar-refractivity contribution in [3.63, 3.8) is 0 Å². The first-order chi connectivity index (χ1) is 15.0. The van der Waals surface area contributed by atoms with Gasteiger partial charge in [0.05, 0.1) is 12.1 Å². The van der Waals surface area contributed by atoms with E-state index in [-0.39, 0.29) is 23.9 Å². The Labute approximate surface area is 184 Å². The average molecular weight is 426 g/mol. The van der Waals surface area contributed by atoms with E-state index in [0.717, 1.165) is 55.4 Å². The number of hydrogen-bond acceptors (Lipinski definition) is 3. The summed E-state index contributed by atoms with van der Waals surface area (Å²) in [6.45, 7) is 4.37. The van der Waals surface area contributed by atoms with Crippen LogP contribution in [0.25, 0.3) is 11.1 Å². The summed E-state index contributed by atoms with van der Waals surface area (Å²) in [6.07, 6.45) is 12.4. The smallest absolute Gasteiger partial charge is 0.271 e. The van der Waals surface area contributed by atoms with E-state index in [9.17, 15) is 9.59 Å². The Kier molecular flexibility index (Phi) is 5.35. The van der Waals surface area contributed by atoms with E-state index in [4.69, 9.17) is 4.42 Å². The number of furan rings is 1.